The predicted octanol–water partition coefficient (Wildman–Crippen LogP) is 2.57. The highest BCUT2D eigenvalue weighted by molar-refractivity contribution is 7.92. The van der Waals surface area contributed by atoms with Crippen molar-refractivity contribution in [3.8, 4) is 5.75 Å². The van der Waals surface area contributed by atoms with Crippen LogP contribution in [0, 0.1) is 0 Å². The summed E-state index contributed by atoms with van der Waals surface area (Å²) in [5.41, 5.74) is 2.55. The van der Waals surface area contributed by atoms with Crippen molar-refractivity contribution in [1.82, 2.24) is 4.41 Å². The minimum atomic E-state index is -3.58. The molecule has 0 fully saturated rings. The average Bonchev–Trinajstić information content (AvgIpc) is 3.14. The molecule has 0 aliphatic carbocycles. The van der Waals surface area contributed by atoms with Gasteiger partial charge in [-0.3, -0.25) is 4.72 Å². The molecule has 2 aromatic rings. The molecule has 1 N–H and O–H groups in total. The number of hydrazone groups is 1. The Kier molecular flexibility index (Phi) is 5.85. The zero-order valence-electron chi connectivity index (χ0n) is 16.4. The molecule has 156 valence electrons. The number of methoxy groups -OCH3 is 1. The lowest BCUT2D eigenvalue weighted by molar-refractivity contribution is 0.371. The van der Waals surface area contributed by atoms with Crippen LogP contribution in [0.4, 0.5) is 5.69 Å². The van der Waals surface area contributed by atoms with Gasteiger partial charge in [-0.25, -0.2) is 16.8 Å². The Balaban J connectivity index is 1.90. The first-order valence-electron chi connectivity index (χ1n) is 8.94. The van der Waals surface area contributed by atoms with Crippen molar-refractivity contribution in [2.24, 2.45) is 5.10 Å². The van der Waals surface area contributed by atoms with Crippen LogP contribution in [0.5, 0.6) is 5.75 Å². The van der Waals surface area contributed by atoms with Crippen molar-refractivity contribution in [3.05, 3.63) is 59.7 Å². The molecule has 29 heavy (non-hydrogen) atoms. The molecule has 3 rings (SSSR count). The molecule has 10 heteroatoms. The number of nitrogens with one attached hydrogen (secondary N) is 1. The van der Waals surface area contributed by atoms with E-state index in [0.29, 0.717) is 23.6 Å². The molecular weight excluding hydrogens is 414 g/mol. The van der Waals surface area contributed by atoms with Crippen molar-refractivity contribution in [2.75, 3.05) is 23.8 Å². The van der Waals surface area contributed by atoms with E-state index in [1.54, 1.807) is 56.5 Å². The average molecular weight is 438 g/mol. The zero-order chi connectivity index (χ0) is 21.2. The summed E-state index contributed by atoms with van der Waals surface area (Å²) in [7, 11) is -5.39. The van der Waals surface area contributed by atoms with Gasteiger partial charge < -0.3 is 4.74 Å². The number of anilines is 1. The van der Waals surface area contributed by atoms with E-state index in [0.717, 1.165) is 21.8 Å². The van der Waals surface area contributed by atoms with Gasteiger partial charge in [0.2, 0.25) is 20.0 Å². The number of rotatable bonds is 7. The van der Waals surface area contributed by atoms with Gasteiger partial charge in [0.1, 0.15) is 5.75 Å². The smallest absolute Gasteiger partial charge is 0.247 e. The lowest BCUT2D eigenvalue weighted by Crippen LogP contribution is -2.25. The van der Waals surface area contributed by atoms with E-state index >= 15 is 0 Å². The first-order chi connectivity index (χ1) is 13.6. The number of ether oxygens (including phenoxy) is 1. The van der Waals surface area contributed by atoms with Crippen molar-refractivity contribution in [2.45, 2.75) is 19.4 Å². The fourth-order valence-corrected chi connectivity index (χ4v) is 4.59. The summed E-state index contributed by atoms with van der Waals surface area (Å²) >= 11 is 0. The van der Waals surface area contributed by atoms with E-state index in [4.69, 9.17) is 4.74 Å². The second-order valence-electron chi connectivity index (χ2n) is 6.66. The van der Waals surface area contributed by atoms with Crippen LogP contribution >= 0.6 is 0 Å². The molecule has 0 saturated carbocycles. The van der Waals surface area contributed by atoms with E-state index in [-0.39, 0.29) is 5.75 Å². The number of sulfonamides is 2. The summed E-state index contributed by atoms with van der Waals surface area (Å²) in [6.07, 6.45) is 1.51. The van der Waals surface area contributed by atoms with Crippen LogP contribution in [0.3, 0.4) is 0 Å². The topological polar surface area (TPSA) is 105 Å². The van der Waals surface area contributed by atoms with E-state index in [9.17, 15) is 16.8 Å². The number of hydrogen-bond acceptors (Lipinski definition) is 6. The monoisotopic (exact) mass is 437 g/mol. The Hall–Kier alpha value is -2.59. The summed E-state index contributed by atoms with van der Waals surface area (Å²) in [6.45, 7) is 1.56. The third kappa shape index (κ3) is 4.88. The fraction of sp³-hybridized carbons (Fsp3) is 0.316. The Morgan fingerprint density at radius 3 is 2.41 bits per heavy atom. The van der Waals surface area contributed by atoms with Crippen molar-refractivity contribution >= 4 is 31.4 Å². The second kappa shape index (κ2) is 8.03. The lowest BCUT2D eigenvalue weighted by Gasteiger charge is -2.21. The van der Waals surface area contributed by atoms with E-state index in [2.05, 4.69) is 9.82 Å². The molecule has 8 nitrogen and oxygen atoms in total. The summed E-state index contributed by atoms with van der Waals surface area (Å²) in [6, 6.07) is 13.5. The SMILES string of the molecule is CCS(=O)(=O)Nc1ccc(C2=NN(S(C)(=O)=O)[C@H](c3cccc(OC)c3)C2)cc1. The van der Waals surface area contributed by atoms with E-state index in [1.165, 1.54) is 0 Å². The Labute approximate surface area is 171 Å². The fourth-order valence-electron chi connectivity index (χ4n) is 3.05. The zero-order valence-corrected chi connectivity index (χ0v) is 18.0. The minimum absolute atomic E-state index is 0.0208. The third-order valence-electron chi connectivity index (χ3n) is 4.56. The van der Waals surface area contributed by atoms with Gasteiger partial charge in [-0.2, -0.15) is 9.52 Å². The van der Waals surface area contributed by atoms with Gasteiger partial charge in [-0.15, -0.1) is 0 Å². The third-order valence-corrected chi connectivity index (χ3v) is 6.88. The molecule has 2 aromatic carbocycles. The molecule has 0 amide bonds. The quantitative estimate of drug-likeness (QED) is 0.717. The summed E-state index contributed by atoms with van der Waals surface area (Å²) in [4.78, 5) is 0. The number of nitrogens with zero attached hydrogens (tertiary/aromatic N) is 2. The van der Waals surface area contributed by atoms with Crippen LogP contribution in [0.25, 0.3) is 0 Å². The van der Waals surface area contributed by atoms with Crippen molar-refractivity contribution < 1.29 is 21.6 Å². The Morgan fingerprint density at radius 1 is 1.14 bits per heavy atom. The molecule has 0 unspecified atom stereocenters. The van der Waals surface area contributed by atoms with Gasteiger partial charge in [0, 0.05) is 12.1 Å². The van der Waals surface area contributed by atoms with E-state index < -0.39 is 26.1 Å². The normalized spacial score (nSPS) is 17.1. The van der Waals surface area contributed by atoms with Gasteiger partial charge in [0.15, 0.2) is 0 Å². The Morgan fingerprint density at radius 2 is 1.83 bits per heavy atom. The van der Waals surface area contributed by atoms with Crippen LogP contribution in [-0.4, -0.2) is 46.1 Å². The van der Waals surface area contributed by atoms with E-state index in [1.807, 2.05) is 6.07 Å². The van der Waals surface area contributed by atoms with Crippen LogP contribution in [0.1, 0.15) is 30.5 Å². The van der Waals surface area contributed by atoms with Crippen LogP contribution in [-0.2, 0) is 20.0 Å². The molecule has 0 radical (unpaired) electrons. The highest BCUT2D eigenvalue weighted by atomic mass is 32.2. The van der Waals surface area contributed by atoms with Crippen molar-refractivity contribution in [3.63, 3.8) is 0 Å². The minimum Gasteiger partial charge on any atom is -0.497 e. The molecule has 0 aromatic heterocycles. The van der Waals surface area contributed by atoms with Crippen LogP contribution in [0.2, 0.25) is 0 Å². The van der Waals surface area contributed by atoms with Gasteiger partial charge in [-0.05, 0) is 42.3 Å². The number of hydrogen-bond donors (Lipinski definition) is 1. The molecule has 0 bridgehead atoms. The van der Waals surface area contributed by atoms with Gasteiger partial charge in [0.25, 0.3) is 0 Å². The molecule has 1 heterocycles. The standard InChI is InChI=1S/C19H23N3O5S2/c1-4-29(25,26)21-16-10-8-14(9-11-16)18-13-19(22(20-18)28(3,23)24)15-6-5-7-17(12-15)27-2/h5-12,19,21H,4,13H2,1-3H3/t19-/m0/s1. The highest BCUT2D eigenvalue weighted by Gasteiger charge is 2.34. The Bertz CT molecular complexity index is 1130. The maximum absolute atomic E-state index is 12.3. The summed E-state index contributed by atoms with van der Waals surface area (Å²) in [5.74, 6) is 0.615. The largest absolute Gasteiger partial charge is 0.497 e. The predicted molar refractivity (Wildman–Crippen MR) is 113 cm³/mol. The number of benzene rings is 2. The first kappa shape index (κ1) is 21.1. The summed E-state index contributed by atoms with van der Waals surface area (Å²) in [5, 5.41) is 4.35. The molecule has 1 aliphatic heterocycles. The second-order valence-corrected chi connectivity index (χ2v) is 10.5. The first-order valence-corrected chi connectivity index (χ1v) is 12.4. The maximum atomic E-state index is 12.3. The van der Waals surface area contributed by atoms with Crippen molar-refractivity contribution in [1.29, 1.82) is 0 Å². The van der Waals surface area contributed by atoms with Crippen LogP contribution in [0.15, 0.2) is 53.6 Å². The summed E-state index contributed by atoms with van der Waals surface area (Å²) < 4.78 is 56.8. The van der Waals surface area contributed by atoms with Gasteiger partial charge in [0.05, 0.1) is 30.9 Å². The lowest BCUT2D eigenvalue weighted by atomic mass is 9.99. The van der Waals surface area contributed by atoms with Gasteiger partial charge in [-0.1, -0.05) is 24.3 Å². The van der Waals surface area contributed by atoms with Gasteiger partial charge >= 0.3 is 0 Å². The molecule has 1 aliphatic rings. The molecule has 0 spiro atoms. The molecule has 1 atom stereocenters. The van der Waals surface area contributed by atoms with Crippen LogP contribution < -0.4 is 9.46 Å². The maximum Gasteiger partial charge on any atom is 0.247 e. The highest BCUT2D eigenvalue weighted by Crippen LogP contribution is 2.35. The molecular formula is C19H23N3O5S2. The molecule has 0 saturated heterocycles.